The molecule has 0 radical (unpaired) electrons. The molecule has 0 bridgehead atoms. The molecule has 2 aromatic rings. The van der Waals surface area contributed by atoms with E-state index in [0.717, 1.165) is 12.8 Å². The number of nitrogens with one attached hydrogen (secondary N) is 3. The molecule has 3 rings (SSSR count). The Morgan fingerprint density at radius 3 is 2.42 bits per heavy atom. The molecule has 4 N–H and O–H groups in total. The minimum Gasteiger partial charge on any atom is -0.480 e. The zero-order valence-corrected chi connectivity index (χ0v) is 18.8. The van der Waals surface area contributed by atoms with Crippen molar-refractivity contribution >= 4 is 53.0 Å². The summed E-state index contributed by atoms with van der Waals surface area (Å²) in [5, 5.41) is 16.8. The van der Waals surface area contributed by atoms with Gasteiger partial charge in [0.25, 0.3) is 5.91 Å². The minimum atomic E-state index is -1.35. The van der Waals surface area contributed by atoms with Crippen molar-refractivity contribution in [2.75, 3.05) is 6.54 Å². The molecule has 33 heavy (non-hydrogen) atoms. The van der Waals surface area contributed by atoms with E-state index in [4.69, 9.17) is 27.6 Å². The van der Waals surface area contributed by atoms with Crippen LogP contribution in [0, 0.1) is 5.92 Å². The van der Waals surface area contributed by atoms with E-state index in [-0.39, 0.29) is 46.4 Å². The van der Waals surface area contributed by atoms with Crippen molar-refractivity contribution in [1.29, 1.82) is 0 Å². The maximum atomic E-state index is 12.6. The first-order valence-corrected chi connectivity index (χ1v) is 10.8. The quantitative estimate of drug-likeness (QED) is 0.375. The molecule has 0 unspecified atom stereocenters. The van der Waals surface area contributed by atoms with Crippen molar-refractivity contribution in [2.45, 2.75) is 25.4 Å². The molecule has 174 valence electrons. The second kappa shape index (κ2) is 11.0. The summed E-state index contributed by atoms with van der Waals surface area (Å²) in [6, 6.07) is 4.94. The van der Waals surface area contributed by atoms with Crippen molar-refractivity contribution < 1.29 is 28.7 Å². The van der Waals surface area contributed by atoms with Gasteiger partial charge in [-0.25, -0.2) is 4.79 Å². The number of hydrogen-bond donors (Lipinski definition) is 4. The van der Waals surface area contributed by atoms with Gasteiger partial charge in [-0.3, -0.25) is 14.4 Å². The van der Waals surface area contributed by atoms with Crippen LogP contribution in [-0.4, -0.2) is 41.4 Å². The predicted molar refractivity (Wildman–Crippen MR) is 121 cm³/mol. The fourth-order valence-corrected chi connectivity index (χ4v) is 3.56. The number of benzene rings is 1. The highest BCUT2D eigenvalue weighted by molar-refractivity contribution is 6.39. The topological polar surface area (TPSA) is 138 Å². The molecule has 1 aromatic carbocycles. The van der Waals surface area contributed by atoms with E-state index in [2.05, 4.69) is 16.0 Å². The number of halogens is 2. The molecular formula is C22H21Cl2N3O6. The lowest BCUT2D eigenvalue weighted by Gasteiger charge is -2.17. The van der Waals surface area contributed by atoms with Gasteiger partial charge in [0.15, 0.2) is 0 Å². The summed E-state index contributed by atoms with van der Waals surface area (Å²) in [4.78, 5) is 47.8. The lowest BCUT2D eigenvalue weighted by molar-refractivity contribution is -0.139. The fraction of sp³-hybridized carbons (Fsp3) is 0.273. The van der Waals surface area contributed by atoms with Crippen LogP contribution in [0.15, 0.2) is 41.0 Å². The highest BCUT2D eigenvalue weighted by atomic mass is 35.5. The number of carboxylic acid groups (broad SMARTS) is 1. The van der Waals surface area contributed by atoms with Gasteiger partial charge in [-0.2, -0.15) is 0 Å². The van der Waals surface area contributed by atoms with E-state index < -0.39 is 17.9 Å². The fourth-order valence-electron chi connectivity index (χ4n) is 2.86. The monoisotopic (exact) mass is 493 g/mol. The number of furan rings is 1. The standard InChI is InChI=1S/C22H21Cl2N3O6/c23-15-8-12(10-25-18(28)6-5-14-2-1-7-33-14)9-16(24)19(15)21(30)27-17(22(31)32)11-26-20(29)13-3-4-13/h1-2,5-9,13,17H,3-4,10-11H2,(H,25,28)(H,26,29)(H,27,30)(H,31,32)/t17-/m0/s1. The molecule has 11 heteroatoms. The third kappa shape index (κ3) is 7.10. The second-order valence-corrected chi connectivity index (χ2v) is 8.20. The molecule has 1 fully saturated rings. The van der Waals surface area contributed by atoms with Crippen LogP contribution < -0.4 is 16.0 Å². The highest BCUT2D eigenvalue weighted by Crippen LogP contribution is 2.29. The van der Waals surface area contributed by atoms with Gasteiger partial charge in [-0.05, 0) is 48.7 Å². The van der Waals surface area contributed by atoms with Crippen LogP contribution in [0.4, 0.5) is 0 Å². The predicted octanol–water partition coefficient (Wildman–Crippen LogP) is 2.63. The minimum absolute atomic E-state index is 0.0125. The summed E-state index contributed by atoms with van der Waals surface area (Å²) in [7, 11) is 0. The molecule has 3 amide bonds. The van der Waals surface area contributed by atoms with Crippen LogP contribution in [0.1, 0.15) is 34.5 Å². The SMILES string of the molecule is O=C(C=Cc1ccco1)NCc1cc(Cl)c(C(=O)N[C@@H](CNC(=O)C2CC2)C(=O)O)c(Cl)c1. The molecule has 0 spiro atoms. The summed E-state index contributed by atoms with van der Waals surface area (Å²) in [5.41, 5.74) is 0.429. The average molecular weight is 494 g/mol. The molecule has 9 nitrogen and oxygen atoms in total. The Morgan fingerprint density at radius 2 is 1.85 bits per heavy atom. The van der Waals surface area contributed by atoms with Crippen molar-refractivity contribution in [2.24, 2.45) is 5.92 Å². The maximum absolute atomic E-state index is 12.6. The first-order valence-electron chi connectivity index (χ1n) is 10.0. The van der Waals surface area contributed by atoms with Gasteiger partial charge < -0.3 is 25.5 Å². The number of aliphatic carboxylic acids is 1. The van der Waals surface area contributed by atoms with Gasteiger partial charge >= 0.3 is 5.97 Å². The zero-order valence-electron chi connectivity index (χ0n) is 17.3. The second-order valence-electron chi connectivity index (χ2n) is 7.38. The Balaban J connectivity index is 1.59. The third-order valence-corrected chi connectivity index (χ3v) is 5.37. The number of carbonyl (C=O) groups is 4. The molecule has 1 atom stereocenters. The third-order valence-electron chi connectivity index (χ3n) is 4.77. The van der Waals surface area contributed by atoms with E-state index in [1.165, 1.54) is 30.5 Å². The van der Waals surface area contributed by atoms with Crippen LogP contribution in [0.5, 0.6) is 0 Å². The van der Waals surface area contributed by atoms with E-state index in [9.17, 15) is 24.3 Å². The Labute approximate surface area is 199 Å². The van der Waals surface area contributed by atoms with E-state index >= 15 is 0 Å². The Kier molecular flexibility index (Phi) is 8.13. The van der Waals surface area contributed by atoms with Crippen LogP contribution in [0.2, 0.25) is 10.0 Å². The van der Waals surface area contributed by atoms with Crippen LogP contribution in [0.25, 0.3) is 6.08 Å². The first kappa shape index (κ1) is 24.3. The lowest BCUT2D eigenvalue weighted by atomic mass is 10.1. The smallest absolute Gasteiger partial charge is 0.328 e. The van der Waals surface area contributed by atoms with Gasteiger partial charge in [0.05, 0.1) is 21.9 Å². The first-order chi connectivity index (χ1) is 15.7. The molecule has 1 aliphatic rings. The number of carbonyl (C=O) groups excluding carboxylic acids is 3. The Bertz CT molecular complexity index is 1060. The van der Waals surface area contributed by atoms with Crippen LogP contribution in [0.3, 0.4) is 0 Å². The largest absolute Gasteiger partial charge is 0.480 e. The van der Waals surface area contributed by atoms with Gasteiger partial charge in [-0.1, -0.05) is 23.2 Å². The van der Waals surface area contributed by atoms with Crippen LogP contribution >= 0.6 is 23.2 Å². The summed E-state index contributed by atoms with van der Waals surface area (Å²) in [6.45, 7) is -0.172. The summed E-state index contributed by atoms with van der Waals surface area (Å²) in [5.74, 6) is -2.29. The molecule has 1 aliphatic carbocycles. The summed E-state index contributed by atoms with van der Waals surface area (Å²) >= 11 is 12.4. The zero-order chi connectivity index (χ0) is 24.0. The molecule has 0 aliphatic heterocycles. The summed E-state index contributed by atoms with van der Waals surface area (Å²) < 4.78 is 5.10. The highest BCUT2D eigenvalue weighted by Gasteiger charge is 2.31. The maximum Gasteiger partial charge on any atom is 0.328 e. The lowest BCUT2D eigenvalue weighted by Crippen LogP contribution is -2.48. The van der Waals surface area contributed by atoms with Crippen molar-refractivity contribution in [1.82, 2.24) is 16.0 Å². The van der Waals surface area contributed by atoms with E-state index in [0.29, 0.717) is 11.3 Å². The van der Waals surface area contributed by atoms with Crippen molar-refractivity contribution in [3.63, 3.8) is 0 Å². The average Bonchev–Trinajstić information content (AvgIpc) is 3.48. The Hall–Kier alpha value is -3.30. The van der Waals surface area contributed by atoms with Gasteiger partial charge in [0.2, 0.25) is 11.8 Å². The van der Waals surface area contributed by atoms with Crippen molar-refractivity contribution in [3.05, 3.63) is 63.5 Å². The van der Waals surface area contributed by atoms with E-state index in [1.54, 1.807) is 12.1 Å². The van der Waals surface area contributed by atoms with Gasteiger partial charge in [0.1, 0.15) is 11.8 Å². The van der Waals surface area contributed by atoms with Crippen LogP contribution in [-0.2, 0) is 20.9 Å². The number of hydrogen-bond acceptors (Lipinski definition) is 5. The number of amides is 3. The molecular weight excluding hydrogens is 473 g/mol. The number of carboxylic acids is 1. The molecule has 0 saturated heterocycles. The molecule has 1 saturated carbocycles. The molecule has 1 aromatic heterocycles. The normalized spacial score (nSPS) is 14.0. The van der Waals surface area contributed by atoms with Gasteiger partial charge in [0, 0.05) is 25.1 Å². The van der Waals surface area contributed by atoms with E-state index in [1.807, 2.05) is 0 Å². The van der Waals surface area contributed by atoms with Gasteiger partial charge in [-0.15, -0.1) is 0 Å². The molecule has 1 heterocycles. The van der Waals surface area contributed by atoms with Crippen molar-refractivity contribution in [3.8, 4) is 0 Å². The number of rotatable bonds is 10. The Morgan fingerprint density at radius 1 is 1.15 bits per heavy atom. The summed E-state index contributed by atoms with van der Waals surface area (Å²) in [6.07, 6.45) is 5.84.